The van der Waals surface area contributed by atoms with Crippen molar-refractivity contribution in [2.45, 2.75) is 76.9 Å². The van der Waals surface area contributed by atoms with Gasteiger partial charge < -0.3 is 15.3 Å². The zero-order chi connectivity index (χ0) is 18.7. The van der Waals surface area contributed by atoms with E-state index in [-0.39, 0.29) is 24.5 Å². The summed E-state index contributed by atoms with van der Waals surface area (Å²) >= 11 is 0. The van der Waals surface area contributed by atoms with E-state index in [0.717, 1.165) is 19.3 Å². The number of carboxylic acids is 1. The first-order chi connectivity index (χ1) is 12.0. The molecular formula is C20H30O5. The number of carbonyl (C=O) groups is 2. The van der Waals surface area contributed by atoms with Crippen LogP contribution < -0.4 is 0 Å². The Morgan fingerprint density at radius 2 is 2.08 bits per heavy atom. The fourth-order valence-corrected chi connectivity index (χ4v) is 2.91. The summed E-state index contributed by atoms with van der Waals surface area (Å²) in [7, 11) is 0. The summed E-state index contributed by atoms with van der Waals surface area (Å²) in [5.74, 6) is -1.23. The molecular weight excluding hydrogens is 320 g/mol. The van der Waals surface area contributed by atoms with Crippen LogP contribution in [0.3, 0.4) is 0 Å². The van der Waals surface area contributed by atoms with E-state index in [1.807, 2.05) is 12.2 Å². The van der Waals surface area contributed by atoms with Gasteiger partial charge in [0.2, 0.25) is 0 Å². The van der Waals surface area contributed by atoms with E-state index >= 15 is 0 Å². The molecule has 3 atom stereocenters. The van der Waals surface area contributed by atoms with Crippen molar-refractivity contribution < 1.29 is 24.9 Å². The van der Waals surface area contributed by atoms with Gasteiger partial charge in [-0.25, -0.2) is 0 Å². The lowest BCUT2D eigenvalue weighted by molar-refractivity contribution is -0.137. The predicted octanol–water partition coefficient (Wildman–Crippen LogP) is 3.16. The van der Waals surface area contributed by atoms with Crippen LogP contribution in [0.15, 0.2) is 29.5 Å². The van der Waals surface area contributed by atoms with Crippen LogP contribution in [0, 0.1) is 5.92 Å². The minimum atomic E-state index is -0.807. The smallest absolute Gasteiger partial charge is 0.303 e. The monoisotopic (exact) mass is 350 g/mol. The molecule has 1 fully saturated rings. The molecule has 5 heteroatoms. The van der Waals surface area contributed by atoms with Gasteiger partial charge in [0.15, 0.2) is 5.78 Å². The number of ketones is 1. The van der Waals surface area contributed by atoms with Crippen molar-refractivity contribution in [3.8, 4) is 0 Å². The van der Waals surface area contributed by atoms with E-state index in [9.17, 15) is 19.8 Å². The van der Waals surface area contributed by atoms with Crippen molar-refractivity contribution in [1.29, 1.82) is 0 Å². The Bertz CT molecular complexity index is 528. The van der Waals surface area contributed by atoms with Gasteiger partial charge in [0.1, 0.15) is 0 Å². The van der Waals surface area contributed by atoms with Gasteiger partial charge in [0, 0.05) is 24.3 Å². The first-order valence-corrected chi connectivity index (χ1v) is 9.18. The van der Waals surface area contributed by atoms with Crippen molar-refractivity contribution in [2.24, 2.45) is 5.92 Å². The molecule has 0 saturated heterocycles. The van der Waals surface area contributed by atoms with Crippen LogP contribution in [-0.4, -0.2) is 39.3 Å². The molecule has 0 spiro atoms. The molecule has 1 aliphatic rings. The fraction of sp³-hybridized carbons (Fsp3) is 0.650. The van der Waals surface area contributed by atoms with Gasteiger partial charge in [-0.15, -0.1) is 5.73 Å². The standard InChI is InChI=1S/C20H30O5/c1-2-3-6-9-15(21)12-13-17-16(18(22)14-19(17)23)10-7-4-5-8-11-20(24)25/h4,7,12,15-16,18,21-22H,2-3,5-6,8-11,14H2,1H3,(H,24,25)/b7-4-/t13?,15-,16+,18-/m0/s1. The van der Waals surface area contributed by atoms with Crippen LogP contribution in [-0.2, 0) is 9.59 Å². The SMILES string of the molecule is CCCCC[C@H](O)C=C=C1C(=O)C[C@H](O)[C@@H]1C/C=C\CCCC(=O)O. The van der Waals surface area contributed by atoms with Crippen LogP contribution in [0.1, 0.15) is 64.7 Å². The van der Waals surface area contributed by atoms with Crippen LogP contribution >= 0.6 is 0 Å². The molecule has 0 aromatic carbocycles. The van der Waals surface area contributed by atoms with Gasteiger partial charge in [-0.1, -0.05) is 38.3 Å². The largest absolute Gasteiger partial charge is 0.481 e. The molecule has 1 rings (SSSR count). The summed E-state index contributed by atoms with van der Waals surface area (Å²) in [6.07, 6.45) is 9.69. The molecule has 0 radical (unpaired) electrons. The zero-order valence-corrected chi connectivity index (χ0v) is 15.0. The molecule has 5 nitrogen and oxygen atoms in total. The van der Waals surface area contributed by atoms with E-state index in [1.54, 1.807) is 0 Å². The second-order valence-corrected chi connectivity index (χ2v) is 6.58. The number of hydrogen-bond acceptors (Lipinski definition) is 4. The summed E-state index contributed by atoms with van der Waals surface area (Å²) in [5.41, 5.74) is 3.38. The third-order valence-corrected chi connectivity index (χ3v) is 4.38. The normalized spacial score (nSPS) is 21.6. The minimum absolute atomic E-state index is 0.0968. The van der Waals surface area contributed by atoms with Crippen molar-refractivity contribution in [1.82, 2.24) is 0 Å². The molecule has 0 aromatic rings. The number of Topliss-reactive ketones (excluding diaryl/α,β-unsaturated/α-hetero) is 1. The quantitative estimate of drug-likeness (QED) is 0.230. The second kappa shape index (κ2) is 11.8. The zero-order valence-electron chi connectivity index (χ0n) is 15.0. The molecule has 3 N–H and O–H groups in total. The van der Waals surface area contributed by atoms with Gasteiger partial charge in [-0.3, -0.25) is 9.59 Å². The highest BCUT2D eigenvalue weighted by molar-refractivity contribution is 5.98. The topological polar surface area (TPSA) is 94.8 Å². The lowest BCUT2D eigenvalue weighted by Gasteiger charge is -2.11. The maximum absolute atomic E-state index is 12.0. The van der Waals surface area contributed by atoms with Crippen LogP contribution in [0.2, 0.25) is 0 Å². The molecule has 0 aliphatic heterocycles. The third-order valence-electron chi connectivity index (χ3n) is 4.38. The van der Waals surface area contributed by atoms with E-state index in [2.05, 4.69) is 12.7 Å². The molecule has 1 saturated carbocycles. The highest BCUT2D eigenvalue weighted by Crippen LogP contribution is 2.31. The number of aliphatic hydroxyl groups is 2. The maximum Gasteiger partial charge on any atom is 0.303 e. The Kier molecular flexibility index (Phi) is 10.1. The molecule has 0 amide bonds. The van der Waals surface area contributed by atoms with Crippen molar-refractivity contribution in [3.05, 3.63) is 29.5 Å². The number of carboxylic acid groups (broad SMARTS) is 1. The first-order valence-electron chi connectivity index (χ1n) is 9.18. The molecule has 0 bridgehead atoms. The number of hydrogen-bond donors (Lipinski definition) is 3. The molecule has 1 aliphatic carbocycles. The lowest BCUT2D eigenvalue weighted by atomic mass is 9.96. The second-order valence-electron chi connectivity index (χ2n) is 6.58. The van der Waals surface area contributed by atoms with E-state index in [4.69, 9.17) is 5.11 Å². The van der Waals surface area contributed by atoms with Gasteiger partial charge in [0.25, 0.3) is 0 Å². The predicted molar refractivity (Wildman–Crippen MR) is 96.1 cm³/mol. The van der Waals surface area contributed by atoms with Crippen molar-refractivity contribution in [3.63, 3.8) is 0 Å². The van der Waals surface area contributed by atoms with Crippen LogP contribution in [0.5, 0.6) is 0 Å². The lowest BCUT2D eigenvalue weighted by Crippen LogP contribution is -2.13. The Hall–Kier alpha value is -1.68. The Labute approximate surface area is 149 Å². The summed E-state index contributed by atoms with van der Waals surface area (Å²) in [6, 6.07) is 0. The van der Waals surface area contributed by atoms with Gasteiger partial charge in [-0.2, -0.15) is 0 Å². The molecule has 25 heavy (non-hydrogen) atoms. The van der Waals surface area contributed by atoms with E-state index < -0.39 is 18.2 Å². The number of allylic oxidation sites excluding steroid dienone is 2. The Balaban J connectivity index is 2.60. The van der Waals surface area contributed by atoms with Crippen molar-refractivity contribution >= 4 is 11.8 Å². The van der Waals surface area contributed by atoms with Gasteiger partial charge in [-0.05, 0) is 31.8 Å². The molecule has 0 heterocycles. The highest BCUT2D eigenvalue weighted by atomic mass is 16.4. The van der Waals surface area contributed by atoms with Crippen LogP contribution in [0.4, 0.5) is 0 Å². The number of aliphatic carboxylic acids is 1. The number of carbonyl (C=O) groups excluding carboxylic acids is 1. The van der Waals surface area contributed by atoms with E-state index in [0.29, 0.717) is 31.3 Å². The Morgan fingerprint density at radius 1 is 1.32 bits per heavy atom. The maximum atomic E-state index is 12.0. The summed E-state index contributed by atoms with van der Waals surface area (Å²) in [6.45, 7) is 2.10. The number of aliphatic hydroxyl groups excluding tert-OH is 2. The number of unbranched alkanes of at least 4 members (excludes halogenated alkanes) is 3. The Morgan fingerprint density at radius 3 is 2.76 bits per heavy atom. The minimum Gasteiger partial charge on any atom is -0.481 e. The fourth-order valence-electron chi connectivity index (χ4n) is 2.91. The molecule has 140 valence electrons. The van der Waals surface area contributed by atoms with Gasteiger partial charge >= 0.3 is 5.97 Å². The first kappa shape index (κ1) is 21.4. The van der Waals surface area contributed by atoms with Crippen molar-refractivity contribution in [2.75, 3.05) is 0 Å². The number of rotatable bonds is 11. The van der Waals surface area contributed by atoms with Gasteiger partial charge in [0.05, 0.1) is 12.2 Å². The van der Waals surface area contributed by atoms with E-state index in [1.165, 1.54) is 6.08 Å². The summed E-state index contributed by atoms with van der Waals surface area (Å²) in [5, 5.41) is 28.6. The molecule has 0 unspecified atom stereocenters. The summed E-state index contributed by atoms with van der Waals surface area (Å²) in [4.78, 5) is 22.5. The third kappa shape index (κ3) is 8.30. The highest BCUT2D eigenvalue weighted by Gasteiger charge is 2.35. The van der Waals surface area contributed by atoms with Crippen LogP contribution in [0.25, 0.3) is 0 Å². The average molecular weight is 350 g/mol. The average Bonchev–Trinajstić information content (AvgIpc) is 2.82. The summed E-state index contributed by atoms with van der Waals surface area (Å²) < 4.78 is 0. The molecule has 0 aromatic heterocycles.